The summed E-state index contributed by atoms with van der Waals surface area (Å²) in [5.74, 6) is -1.17. The van der Waals surface area contributed by atoms with E-state index in [1.54, 1.807) is 0 Å². The molecule has 0 bridgehead atoms. The Morgan fingerprint density at radius 1 is 0.462 bits per heavy atom. The Morgan fingerprint density at radius 3 is 0.974 bits per heavy atom. The molecule has 0 aromatic heterocycles. The Labute approximate surface area is 228 Å². The van der Waals surface area contributed by atoms with E-state index in [0.717, 1.165) is 16.7 Å². The molecule has 3 aromatic rings. The standard InChI is InChI=1S/C30H33N3O6/c34-28(37-19-25-10-4-1-5-11-25)16-31-22-32(17-29(35)38-20-26-12-6-2-7-13-26)24-33(23-31)18-30(36)39-21-27-14-8-3-9-15-27/h1-15H,16-24H2. The molecular weight excluding hydrogens is 498 g/mol. The Kier molecular flexibility index (Phi) is 10.6. The molecule has 0 spiro atoms. The molecule has 0 saturated carbocycles. The number of hydrogen-bond donors (Lipinski definition) is 0. The summed E-state index contributed by atoms with van der Waals surface area (Å²) in [6, 6.07) is 28.4. The number of esters is 3. The molecule has 204 valence electrons. The van der Waals surface area contributed by atoms with E-state index in [9.17, 15) is 14.4 Å². The lowest BCUT2D eigenvalue weighted by molar-refractivity contribution is -0.155. The highest BCUT2D eigenvalue weighted by Crippen LogP contribution is 2.11. The third-order valence-corrected chi connectivity index (χ3v) is 5.99. The molecule has 1 heterocycles. The van der Waals surface area contributed by atoms with Crippen molar-refractivity contribution in [3.63, 3.8) is 0 Å². The van der Waals surface area contributed by atoms with Crippen molar-refractivity contribution in [2.45, 2.75) is 19.8 Å². The molecule has 3 aromatic carbocycles. The van der Waals surface area contributed by atoms with Gasteiger partial charge in [0.05, 0.1) is 39.6 Å². The van der Waals surface area contributed by atoms with Crippen LogP contribution in [-0.2, 0) is 48.4 Å². The first-order valence-corrected chi connectivity index (χ1v) is 12.8. The van der Waals surface area contributed by atoms with Gasteiger partial charge in [-0.05, 0) is 16.7 Å². The minimum Gasteiger partial charge on any atom is -0.460 e. The number of benzene rings is 3. The fraction of sp³-hybridized carbons (Fsp3) is 0.300. The maximum atomic E-state index is 12.6. The Bertz CT molecular complexity index is 1040. The zero-order valence-corrected chi connectivity index (χ0v) is 21.8. The van der Waals surface area contributed by atoms with Gasteiger partial charge in [-0.15, -0.1) is 0 Å². The van der Waals surface area contributed by atoms with Crippen LogP contribution in [0.5, 0.6) is 0 Å². The van der Waals surface area contributed by atoms with E-state index in [1.165, 1.54) is 0 Å². The van der Waals surface area contributed by atoms with E-state index in [-0.39, 0.29) is 57.4 Å². The van der Waals surface area contributed by atoms with E-state index in [1.807, 2.05) is 106 Å². The van der Waals surface area contributed by atoms with Crippen molar-refractivity contribution in [2.24, 2.45) is 0 Å². The average molecular weight is 532 g/mol. The molecule has 9 heteroatoms. The molecule has 9 nitrogen and oxygen atoms in total. The van der Waals surface area contributed by atoms with Gasteiger partial charge in [0.25, 0.3) is 0 Å². The van der Waals surface area contributed by atoms with Crippen molar-refractivity contribution in [3.05, 3.63) is 108 Å². The van der Waals surface area contributed by atoms with Gasteiger partial charge in [0, 0.05) is 0 Å². The molecule has 0 amide bonds. The summed E-state index contributed by atoms with van der Waals surface area (Å²) in [6.07, 6.45) is 0. The van der Waals surface area contributed by atoms with Crippen molar-refractivity contribution in [3.8, 4) is 0 Å². The van der Waals surface area contributed by atoms with E-state index >= 15 is 0 Å². The van der Waals surface area contributed by atoms with Crippen LogP contribution in [0.4, 0.5) is 0 Å². The largest absolute Gasteiger partial charge is 0.460 e. The van der Waals surface area contributed by atoms with Gasteiger partial charge in [-0.3, -0.25) is 29.1 Å². The quantitative estimate of drug-likeness (QED) is 0.259. The molecule has 4 rings (SSSR count). The summed E-state index contributed by atoms with van der Waals surface area (Å²) >= 11 is 0. The predicted molar refractivity (Wildman–Crippen MR) is 143 cm³/mol. The normalized spacial score (nSPS) is 14.5. The fourth-order valence-corrected chi connectivity index (χ4v) is 4.18. The van der Waals surface area contributed by atoms with Crippen LogP contribution in [0.1, 0.15) is 16.7 Å². The zero-order valence-electron chi connectivity index (χ0n) is 21.8. The van der Waals surface area contributed by atoms with Gasteiger partial charge >= 0.3 is 17.9 Å². The van der Waals surface area contributed by atoms with Crippen molar-refractivity contribution in [2.75, 3.05) is 39.6 Å². The van der Waals surface area contributed by atoms with Crippen LogP contribution in [0.15, 0.2) is 91.0 Å². The van der Waals surface area contributed by atoms with E-state index in [0.29, 0.717) is 20.0 Å². The first-order chi connectivity index (χ1) is 19.0. The maximum Gasteiger partial charge on any atom is 0.320 e. The highest BCUT2D eigenvalue weighted by Gasteiger charge is 2.28. The van der Waals surface area contributed by atoms with Crippen LogP contribution in [0, 0.1) is 0 Å². The van der Waals surface area contributed by atoms with Gasteiger partial charge in [-0.2, -0.15) is 0 Å². The Morgan fingerprint density at radius 2 is 0.718 bits per heavy atom. The van der Waals surface area contributed by atoms with Gasteiger partial charge in [0.15, 0.2) is 0 Å². The van der Waals surface area contributed by atoms with E-state index < -0.39 is 0 Å². The summed E-state index contributed by atoms with van der Waals surface area (Å²) in [6.45, 7) is 1.60. The minimum absolute atomic E-state index is 0.0119. The monoisotopic (exact) mass is 531 g/mol. The number of ether oxygens (including phenoxy) is 3. The smallest absolute Gasteiger partial charge is 0.320 e. The number of carbonyl (C=O) groups excluding carboxylic acids is 3. The van der Waals surface area contributed by atoms with Crippen LogP contribution in [0.3, 0.4) is 0 Å². The first-order valence-electron chi connectivity index (χ1n) is 12.8. The van der Waals surface area contributed by atoms with Gasteiger partial charge in [0.1, 0.15) is 19.8 Å². The lowest BCUT2D eigenvalue weighted by Crippen LogP contribution is -2.58. The van der Waals surface area contributed by atoms with Crippen molar-refractivity contribution in [1.82, 2.24) is 14.7 Å². The minimum atomic E-state index is -0.390. The van der Waals surface area contributed by atoms with Crippen molar-refractivity contribution < 1.29 is 28.6 Å². The summed E-state index contributed by atoms with van der Waals surface area (Å²) in [7, 11) is 0. The van der Waals surface area contributed by atoms with Gasteiger partial charge < -0.3 is 14.2 Å². The summed E-state index contributed by atoms with van der Waals surface area (Å²) < 4.78 is 16.3. The second kappa shape index (κ2) is 14.8. The molecule has 0 radical (unpaired) electrons. The number of nitrogens with zero attached hydrogens (tertiary/aromatic N) is 3. The highest BCUT2D eigenvalue weighted by atomic mass is 16.5. The molecule has 1 saturated heterocycles. The molecule has 1 fully saturated rings. The Hall–Kier alpha value is -4.05. The molecule has 0 N–H and O–H groups in total. The van der Waals surface area contributed by atoms with Gasteiger partial charge in [-0.25, -0.2) is 0 Å². The summed E-state index contributed by atoms with van der Waals surface area (Å²) in [4.78, 5) is 43.2. The first kappa shape index (κ1) is 28.0. The fourth-order valence-electron chi connectivity index (χ4n) is 4.18. The third-order valence-electron chi connectivity index (χ3n) is 5.99. The molecule has 0 unspecified atom stereocenters. The second-order valence-electron chi connectivity index (χ2n) is 9.35. The number of rotatable bonds is 12. The molecular formula is C30H33N3O6. The van der Waals surface area contributed by atoms with Crippen LogP contribution in [0.2, 0.25) is 0 Å². The maximum absolute atomic E-state index is 12.6. The van der Waals surface area contributed by atoms with E-state index in [4.69, 9.17) is 14.2 Å². The average Bonchev–Trinajstić information content (AvgIpc) is 2.95. The van der Waals surface area contributed by atoms with Crippen LogP contribution in [-0.4, -0.2) is 72.2 Å². The molecule has 0 aliphatic carbocycles. The lowest BCUT2D eigenvalue weighted by atomic mass is 10.2. The van der Waals surface area contributed by atoms with Crippen LogP contribution in [0.25, 0.3) is 0 Å². The molecule has 39 heavy (non-hydrogen) atoms. The summed E-state index contributed by atoms with van der Waals surface area (Å²) in [5.41, 5.74) is 2.69. The number of hydrogen-bond acceptors (Lipinski definition) is 9. The van der Waals surface area contributed by atoms with Gasteiger partial charge in [0.2, 0.25) is 0 Å². The van der Waals surface area contributed by atoms with Crippen molar-refractivity contribution in [1.29, 1.82) is 0 Å². The summed E-state index contributed by atoms with van der Waals surface area (Å²) in [5, 5.41) is 0. The predicted octanol–water partition coefficient (Wildman–Crippen LogP) is 3.01. The van der Waals surface area contributed by atoms with Crippen molar-refractivity contribution >= 4 is 17.9 Å². The van der Waals surface area contributed by atoms with Crippen LogP contribution < -0.4 is 0 Å². The second-order valence-corrected chi connectivity index (χ2v) is 9.35. The zero-order chi connectivity index (χ0) is 27.3. The van der Waals surface area contributed by atoms with Gasteiger partial charge in [-0.1, -0.05) is 91.0 Å². The Balaban J connectivity index is 1.31. The topological polar surface area (TPSA) is 88.6 Å². The lowest BCUT2D eigenvalue weighted by Gasteiger charge is -2.40. The molecule has 1 aliphatic rings. The molecule has 0 atom stereocenters. The molecule has 1 aliphatic heterocycles. The SMILES string of the molecule is O=C(CN1CN(CC(=O)OCc2ccccc2)CN(CC(=O)OCc2ccccc2)C1)OCc1ccccc1. The van der Waals surface area contributed by atoms with Crippen LogP contribution >= 0.6 is 0 Å². The number of carbonyl (C=O) groups is 3. The third kappa shape index (κ3) is 9.97. The highest BCUT2D eigenvalue weighted by molar-refractivity contribution is 5.73. The van der Waals surface area contributed by atoms with E-state index in [2.05, 4.69) is 0 Å².